The summed E-state index contributed by atoms with van der Waals surface area (Å²) < 4.78 is 7.51. The third kappa shape index (κ3) is 3.47. The molecule has 2 aromatic heterocycles. The van der Waals surface area contributed by atoms with Crippen molar-refractivity contribution in [3.63, 3.8) is 0 Å². The minimum absolute atomic E-state index is 0.0471. The molecule has 4 rings (SSSR count). The van der Waals surface area contributed by atoms with Crippen LogP contribution < -0.4 is 10.1 Å². The second kappa shape index (κ2) is 7.59. The normalized spacial score (nSPS) is 10.9. The molecular formula is C21H18N4O4. The molecule has 8 nitrogen and oxygen atoms in total. The number of aromatic nitrogens is 2. The number of carbonyl (C=O) groups excluding carboxylic acids is 1. The number of carbonyl (C=O) groups is 1. The number of hydrogen-bond donors (Lipinski definition) is 1. The van der Waals surface area contributed by atoms with Crippen molar-refractivity contribution in [2.24, 2.45) is 0 Å². The van der Waals surface area contributed by atoms with E-state index in [0.717, 1.165) is 28.4 Å². The highest BCUT2D eigenvalue weighted by Gasteiger charge is 2.17. The average molecular weight is 390 g/mol. The van der Waals surface area contributed by atoms with E-state index in [1.807, 2.05) is 30.3 Å². The van der Waals surface area contributed by atoms with Crippen molar-refractivity contribution in [3.05, 3.63) is 70.9 Å². The maximum Gasteiger partial charge on any atom is 0.406 e. The van der Waals surface area contributed by atoms with Gasteiger partial charge in [-0.15, -0.1) is 0 Å². The highest BCUT2D eigenvalue weighted by atomic mass is 16.6. The number of anilines is 1. The van der Waals surface area contributed by atoms with Gasteiger partial charge in [-0.2, -0.15) is 0 Å². The first-order valence-corrected chi connectivity index (χ1v) is 9.11. The summed E-state index contributed by atoms with van der Waals surface area (Å²) in [5.41, 5.74) is 2.86. The van der Waals surface area contributed by atoms with Crippen molar-refractivity contribution in [2.75, 3.05) is 11.9 Å². The van der Waals surface area contributed by atoms with Crippen LogP contribution in [-0.4, -0.2) is 27.0 Å². The van der Waals surface area contributed by atoms with E-state index in [9.17, 15) is 14.9 Å². The van der Waals surface area contributed by atoms with Gasteiger partial charge in [0.25, 0.3) is 5.91 Å². The number of nitrogens with one attached hydrogen (secondary N) is 1. The molecule has 146 valence electrons. The van der Waals surface area contributed by atoms with E-state index in [-0.39, 0.29) is 12.4 Å². The van der Waals surface area contributed by atoms with Gasteiger partial charge >= 0.3 is 5.82 Å². The molecule has 0 saturated carbocycles. The zero-order valence-corrected chi connectivity index (χ0v) is 15.7. The molecule has 0 aliphatic carbocycles. The summed E-state index contributed by atoms with van der Waals surface area (Å²) in [7, 11) is 0. The van der Waals surface area contributed by atoms with Crippen molar-refractivity contribution in [2.45, 2.75) is 13.5 Å². The van der Waals surface area contributed by atoms with Crippen LogP contribution in [0.15, 0.2) is 60.8 Å². The van der Waals surface area contributed by atoms with Gasteiger partial charge in [-0.1, -0.05) is 18.2 Å². The number of aryl methyl sites for hydroxylation is 1. The molecule has 2 heterocycles. The van der Waals surface area contributed by atoms with E-state index in [2.05, 4.69) is 33.9 Å². The number of amides is 1. The monoisotopic (exact) mass is 390 g/mol. The summed E-state index contributed by atoms with van der Waals surface area (Å²) in [6.45, 7) is 2.57. The Morgan fingerprint density at radius 2 is 1.93 bits per heavy atom. The molecule has 0 atom stereocenters. The Labute approximate surface area is 165 Å². The molecule has 0 fully saturated rings. The lowest BCUT2D eigenvalue weighted by Gasteiger charge is -2.08. The number of fused-ring (bicyclic) bond motifs is 3. The number of hydrogen-bond acceptors (Lipinski definition) is 5. The lowest BCUT2D eigenvalue weighted by molar-refractivity contribution is -0.390. The molecule has 0 radical (unpaired) electrons. The topological polar surface area (TPSA) is 99.3 Å². The quantitative estimate of drug-likeness (QED) is 0.394. The van der Waals surface area contributed by atoms with Crippen LogP contribution in [0.25, 0.3) is 21.8 Å². The van der Waals surface area contributed by atoms with E-state index in [4.69, 9.17) is 4.74 Å². The number of nitro groups is 1. The third-order valence-electron chi connectivity index (χ3n) is 4.65. The number of nitrogens with zero attached hydrogens (tertiary/aromatic N) is 3. The van der Waals surface area contributed by atoms with Gasteiger partial charge in [0, 0.05) is 34.0 Å². The van der Waals surface area contributed by atoms with Crippen LogP contribution in [0.5, 0.6) is 5.75 Å². The van der Waals surface area contributed by atoms with Gasteiger partial charge in [-0.3, -0.25) is 4.79 Å². The fourth-order valence-electron chi connectivity index (χ4n) is 3.44. The van der Waals surface area contributed by atoms with Crippen molar-refractivity contribution in [3.8, 4) is 5.75 Å². The molecule has 0 unspecified atom stereocenters. The predicted molar refractivity (Wildman–Crippen MR) is 110 cm³/mol. The first kappa shape index (κ1) is 18.4. The number of para-hydroxylation sites is 1. The number of benzene rings is 2. The van der Waals surface area contributed by atoms with Crippen LogP contribution in [0, 0.1) is 10.1 Å². The molecule has 1 amide bonds. The molecule has 4 aromatic rings. The highest BCUT2D eigenvalue weighted by Crippen LogP contribution is 2.31. The standard InChI is InChI=1S/C21H18N4O4/c1-2-24-17-7-4-3-6-15(17)16-12-14(9-10-18(16)24)23-20(26)13-29-19-8-5-11-22-21(19)25(27)28/h3-12H,2,13H2,1H3,(H,23,26). The summed E-state index contributed by atoms with van der Waals surface area (Å²) in [5.74, 6) is -0.884. The molecule has 0 aliphatic rings. The first-order chi connectivity index (χ1) is 14.1. The van der Waals surface area contributed by atoms with E-state index in [1.54, 1.807) is 0 Å². The van der Waals surface area contributed by atoms with Crippen LogP contribution in [0.3, 0.4) is 0 Å². The van der Waals surface area contributed by atoms with Crippen LogP contribution in [0.4, 0.5) is 11.5 Å². The largest absolute Gasteiger partial charge is 0.476 e. The number of pyridine rings is 1. The Bertz CT molecular complexity index is 1230. The van der Waals surface area contributed by atoms with E-state index < -0.39 is 16.6 Å². The predicted octanol–water partition coefficient (Wildman–Crippen LogP) is 4.14. The van der Waals surface area contributed by atoms with Gasteiger partial charge < -0.3 is 24.7 Å². The Balaban J connectivity index is 1.55. The van der Waals surface area contributed by atoms with E-state index >= 15 is 0 Å². The van der Waals surface area contributed by atoms with Crippen molar-refractivity contribution in [1.29, 1.82) is 0 Å². The fourth-order valence-corrected chi connectivity index (χ4v) is 3.44. The summed E-state index contributed by atoms with van der Waals surface area (Å²) in [4.78, 5) is 26.3. The van der Waals surface area contributed by atoms with Crippen LogP contribution in [0.1, 0.15) is 6.92 Å². The van der Waals surface area contributed by atoms with Gasteiger partial charge in [0.1, 0.15) is 6.20 Å². The van der Waals surface area contributed by atoms with Crippen molar-refractivity contribution in [1.82, 2.24) is 9.55 Å². The van der Waals surface area contributed by atoms with Crippen LogP contribution in [0.2, 0.25) is 0 Å². The molecule has 1 N–H and O–H groups in total. The van der Waals surface area contributed by atoms with Gasteiger partial charge in [0.15, 0.2) is 6.61 Å². The number of ether oxygens (including phenoxy) is 1. The molecule has 0 bridgehead atoms. The maximum absolute atomic E-state index is 12.3. The molecule has 0 saturated heterocycles. The smallest absolute Gasteiger partial charge is 0.406 e. The molecule has 29 heavy (non-hydrogen) atoms. The molecule has 8 heteroatoms. The minimum Gasteiger partial charge on any atom is -0.476 e. The second-order valence-electron chi connectivity index (χ2n) is 6.41. The lowest BCUT2D eigenvalue weighted by Crippen LogP contribution is -2.20. The average Bonchev–Trinajstić information content (AvgIpc) is 3.05. The van der Waals surface area contributed by atoms with Crippen molar-refractivity contribution >= 4 is 39.2 Å². The van der Waals surface area contributed by atoms with E-state index in [0.29, 0.717) is 5.69 Å². The zero-order valence-electron chi connectivity index (χ0n) is 15.7. The summed E-state index contributed by atoms with van der Waals surface area (Å²) in [6, 6.07) is 16.8. The molecule has 2 aromatic carbocycles. The SMILES string of the molecule is CCn1c2ccccc2c2cc(NC(=O)COc3cccnc3[N+](=O)[O-])ccc21. The van der Waals surface area contributed by atoms with Gasteiger partial charge in [-0.25, -0.2) is 0 Å². The maximum atomic E-state index is 12.3. The molecular weight excluding hydrogens is 372 g/mol. The molecule has 0 spiro atoms. The van der Waals surface area contributed by atoms with E-state index in [1.165, 1.54) is 18.3 Å². The Morgan fingerprint density at radius 1 is 1.14 bits per heavy atom. The fraction of sp³-hybridized carbons (Fsp3) is 0.143. The summed E-state index contributed by atoms with van der Waals surface area (Å²) in [5, 5.41) is 15.9. The van der Waals surface area contributed by atoms with Gasteiger partial charge in [0.05, 0.1) is 0 Å². The van der Waals surface area contributed by atoms with Gasteiger partial charge in [-0.05, 0) is 53.2 Å². The van der Waals surface area contributed by atoms with Crippen LogP contribution >= 0.6 is 0 Å². The summed E-state index contributed by atoms with van der Waals surface area (Å²) in [6.07, 6.45) is 1.30. The highest BCUT2D eigenvalue weighted by molar-refractivity contribution is 6.09. The summed E-state index contributed by atoms with van der Waals surface area (Å²) >= 11 is 0. The minimum atomic E-state index is -0.648. The van der Waals surface area contributed by atoms with Crippen molar-refractivity contribution < 1.29 is 14.5 Å². The van der Waals surface area contributed by atoms with Crippen LogP contribution in [-0.2, 0) is 11.3 Å². The number of rotatable bonds is 6. The van der Waals surface area contributed by atoms with Gasteiger partial charge in [0.2, 0.25) is 5.75 Å². The zero-order chi connectivity index (χ0) is 20.4. The Morgan fingerprint density at radius 3 is 2.72 bits per heavy atom. The lowest BCUT2D eigenvalue weighted by atomic mass is 10.1. The molecule has 0 aliphatic heterocycles. The second-order valence-corrected chi connectivity index (χ2v) is 6.41. The third-order valence-corrected chi connectivity index (χ3v) is 4.65. The Kier molecular flexibility index (Phi) is 4.82. The Hall–Kier alpha value is -3.94. The first-order valence-electron chi connectivity index (χ1n) is 9.11.